The number of ether oxygens (including phenoxy) is 4. The van der Waals surface area contributed by atoms with Crippen molar-refractivity contribution in [1.29, 1.82) is 0 Å². The second kappa shape index (κ2) is 25.8. The minimum absolute atomic E-state index is 0. The van der Waals surface area contributed by atoms with Crippen LogP contribution in [0.1, 0.15) is 165 Å². The SMILES string of the molecule is CCOC(=O)[C@]12CC(=O)[C@@H]3C[C@]4(C=Cc5c(c(C)nc6ccccc56)O4)CN3C(=O)[C@@H](C)CCCCC/C=C\[C@@H]1C2.CCOC(=O)[C@]12CC(=O)[C@@H]3C[C@]4(CC(Cl)c5c(c(C)nc6ccccc56)O4)CN3C(=O)[C@@H](C)CCCCC/C=C\[C@@H]1C2.[Li+].[OH-]. The molecule has 11 atom stereocenters. The minimum Gasteiger partial charge on any atom is -0.870 e. The Morgan fingerprint density at radius 3 is 1.72 bits per heavy atom. The maximum Gasteiger partial charge on any atom is 1.00 e. The van der Waals surface area contributed by atoms with Crippen LogP contribution >= 0.6 is 11.6 Å². The third-order valence-electron chi connectivity index (χ3n) is 19.4. The summed E-state index contributed by atoms with van der Waals surface area (Å²) >= 11 is 7.14. The Morgan fingerprint density at radius 1 is 0.647 bits per heavy atom. The van der Waals surface area contributed by atoms with Gasteiger partial charge in [-0.25, -0.2) is 9.97 Å². The van der Waals surface area contributed by atoms with Gasteiger partial charge in [-0.1, -0.05) is 106 Å². The van der Waals surface area contributed by atoms with Gasteiger partial charge in [0.1, 0.15) is 22.7 Å². The van der Waals surface area contributed by atoms with Crippen LogP contribution in [0.5, 0.6) is 11.5 Å². The molecule has 6 aliphatic heterocycles. The molecule has 8 heterocycles. The Balaban J connectivity index is 0.000000199. The number of aromatic nitrogens is 2. The fourth-order valence-corrected chi connectivity index (χ4v) is 15.1. The van der Waals surface area contributed by atoms with Crippen molar-refractivity contribution < 1.29 is 72.1 Å². The first-order valence-electron chi connectivity index (χ1n) is 30.8. The van der Waals surface area contributed by atoms with Crippen molar-refractivity contribution in [3.8, 4) is 11.5 Å². The van der Waals surface area contributed by atoms with Gasteiger partial charge < -0.3 is 34.2 Å². The van der Waals surface area contributed by atoms with Crippen molar-refractivity contribution in [3.05, 3.63) is 101 Å². The summed E-state index contributed by atoms with van der Waals surface area (Å²) in [4.78, 5) is 95.6. The molecule has 1 unspecified atom stereocenters. The summed E-state index contributed by atoms with van der Waals surface area (Å²) in [5.74, 6) is 0.105. The van der Waals surface area contributed by atoms with E-state index in [0.29, 0.717) is 50.1 Å². The minimum atomic E-state index is -0.853. The Labute approximate surface area is 516 Å². The zero-order valence-corrected chi connectivity index (χ0v) is 51.4. The molecule has 4 aromatic rings. The van der Waals surface area contributed by atoms with Gasteiger partial charge in [-0.2, -0.15) is 0 Å². The monoisotopic (exact) mass is 1170 g/mol. The number of allylic oxidation sites excluding steroid dienone is 4. The summed E-state index contributed by atoms with van der Waals surface area (Å²) < 4.78 is 24.5. The van der Waals surface area contributed by atoms with E-state index in [9.17, 15) is 28.8 Å². The number of hydrogen-bond donors (Lipinski definition) is 0. The standard InChI is InChI=1S/C34H41ClN2O5.C34H40N2O5.Li.H2O/c1-4-41-32(40)34-16-23(34)13-9-7-5-6-8-12-21(2)31(39)37-20-33(18-27(37)28(38)19-34)17-25(35)29-24-14-10-11-15-26(24)36-22(3)30(29)42-33;1-4-40-32(39)34-18-24(34)13-9-7-5-6-8-12-22(2)31(38)36-21-33(19-28(36)29(37)20-34)17-16-26-25-14-10-11-15-27(25)35-23(3)30(26)41-33;;/h9-11,13-15,21,23,25,27H,4-8,12,16-20H2,1-3H3;9-11,13-17,22,24,28H,4-8,12,18-21H2,1-3H3;;1H2/q;;+1;/p-1/b2*13-9-;;/t21-,23+,25?,27-,33+,34+;22-,24+,28-,33+,34+;;/m00../s1. The smallest absolute Gasteiger partial charge is 0.870 e. The van der Waals surface area contributed by atoms with E-state index in [1.54, 1.807) is 23.6 Å². The maximum atomic E-state index is 14.2. The molecule has 12 rings (SSSR count). The molecule has 4 fully saturated rings. The number of rotatable bonds is 4. The number of amides is 2. The number of nitrogens with zero attached hydrogens (tertiary/aromatic N) is 4. The fraction of sp³-hybridized carbons (Fsp3) is 0.559. The van der Waals surface area contributed by atoms with Gasteiger partial charge in [-0.3, -0.25) is 28.8 Å². The van der Waals surface area contributed by atoms with Gasteiger partial charge in [0, 0.05) is 65.8 Å². The van der Waals surface area contributed by atoms with Crippen LogP contribution in [0.25, 0.3) is 27.9 Å². The average Bonchev–Trinajstić information content (AvgIpc) is 1.98. The number of carbonyl (C=O) groups excluding carboxylic acids is 6. The number of fused-ring (bicyclic) bond motifs is 10. The molecule has 15 nitrogen and oxygen atoms in total. The van der Waals surface area contributed by atoms with Gasteiger partial charge in [0.15, 0.2) is 11.6 Å². The maximum absolute atomic E-state index is 14.2. The van der Waals surface area contributed by atoms with E-state index in [0.717, 1.165) is 109 Å². The van der Waals surface area contributed by atoms with E-state index < -0.39 is 34.1 Å². The predicted molar refractivity (Wildman–Crippen MR) is 320 cm³/mol. The number of pyridine rings is 2. The molecular weight excluding hydrogens is 1090 g/mol. The van der Waals surface area contributed by atoms with Crippen LogP contribution in [0, 0.1) is 48.3 Å². The van der Waals surface area contributed by atoms with E-state index in [1.165, 1.54) is 0 Å². The van der Waals surface area contributed by atoms with E-state index in [1.807, 2.05) is 82.3 Å². The Hall–Kier alpha value is -5.85. The summed E-state index contributed by atoms with van der Waals surface area (Å²) in [5.41, 5.74) is 1.88. The third-order valence-corrected chi connectivity index (χ3v) is 19.8. The molecule has 0 radical (unpaired) electrons. The molecule has 2 aliphatic carbocycles. The number of ketones is 2. The molecule has 17 heteroatoms. The van der Waals surface area contributed by atoms with Crippen LogP contribution in [0.2, 0.25) is 0 Å². The van der Waals surface area contributed by atoms with E-state index in [-0.39, 0.29) is 121 Å². The number of benzene rings is 2. The summed E-state index contributed by atoms with van der Waals surface area (Å²) in [6.07, 6.45) is 24.7. The zero-order chi connectivity index (χ0) is 58.4. The average molecular weight is 1170 g/mol. The van der Waals surface area contributed by atoms with Gasteiger partial charge in [0.25, 0.3) is 0 Å². The number of esters is 2. The first kappa shape index (κ1) is 63.6. The topological polar surface area (TPSA) is 202 Å². The van der Waals surface area contributed by atoms with Crippen molar-refractivity contribution in [2.45, 2.75) is 179 Å². The molecule has 0 bridgehead atoms. The molecule has 8 aliphatic rings. The first-order chi connectivity index (χ1) is 39.9. The van der Waals surface area contributed by atoms with Crippen molar-refractivity contribution >= 4 is 74.8 Å². The van der Waals surface area contributed by atoms with Crippen LogP contribution in [0.15, 0.2) is 78.9 Å². The number of halogens is 1. The molecular formula is C68H82ClLiN4O11. The molecule has 2 saturated heterocycles. The quantitative estimate of drug-likeness (QED) is 0.0810. The van der Waals surface area contributed by atoms with Crippen LogP contribution < -0.4 is 28.3 Å². The van der Waals surface area contributed by atoms with Gasteiger partial charge in [-0.05, 0) is 109 Å². The second-order valence-electron chi connectivity index (χ2n) is 25.3. The summed E-state index contributed by atoms with van der Waals surface area (Å²) in [6, 6.07) is 14.6. The van der Waals surface area contributed by atoms with Crippen molar-refractivity contribution in [2.75, 3.05) is 26.3 Å². The van der Waals surface area contributed by atoms with Crippen molar-refractivity contribution in [1.82, 2.24) is 19.8 Å². The first-order valence-corrected chi connectivity index (χ1v) is 31.2. The van der Waals surface area contributed by atoms with Crippen LogP contribution in [-0.4, -0.2) is 110 Å². The second-order valence-corrected chi connectivity index (χ2v) is 25.9. The van der Waals surface area contributed by atoms with E-state index in [4.69, 9.17) is 40.5 Å². The third kappa shape index (κ3) is 12.4. The number of Topliss-reactive ketones (excluding diaryl/α,β-unsaturated/α-hetero) is 2. The van der Waals surface area contributed by atoms with Gasteiger partial charge in [0.2, 0.25) is 11.8 Å². The number of aryl methyl sites for hydroxylation is 2. The van der Waals surface area contributed by atoms with Crippen molar-refractivity contribution in [2.24, 2.45) is 34.5 Å². The molecule has 2 spiro atoms. The summed E-state index contributed by atoms with van der Waals surface area (Å²) in [7, 11) is 0. The van der Waals surface area contributed by atoms with Crippen LogP contribution in [0.4, 0.5) is 0 Å². The molecule has 2 saturated carbocycles. The summed E-state index contributed by atoms with van der Waals surface area (Å²) in [6.45, 7) is 12.5. The molecule has 2 aromatic carbocycles. The number of para-hydroxylation sites is 2. The fourth-order valence-electron chi connectivity index (χ4n) is 14.6. The Kier molecular flexibility index (Phi) is 19.4. The molecule has 2 amide bonds. The number of alkyl halides is 1. The summed E-state index contributed by atoms with van der Waals surface area (Å²) in [5, 5.41) is 1.62. The van der Waals surface area contributed by atoms with Crippen LogP contribution in [0.3, 0.4) is 0 Å². The van der Waals surface area contributed by atoms with E-state index in [2.05, 4.69) is 30.4 Å². The molecule has 1 N–H and O–H groups in total. The number of hydrogen-bond acceptors (Lipinski definition) is 13. The normalized spacial score (nSPS) is 32.4. The molecule has 2 aromatic heterocycles. The zero-order valence-electron chi connectivity index (χ0n) is 50.7. The largest absolute Gasteiger partial charge is 1.00 e. The Morgan fingerprint density at radius 2 is 1.15 bits per heavy atom. The van der Waals surface area contributed by atoms with Gasteiger partial charge in [-0.15, -0.1) is 11.6 Å². The van der Waals surface area contributed by atoms with Gasteiger partial charge in [0.05, 0.1) is 77.0 Å². The number of carbonyl (C=O) groups is 6. The predicted octanol–water partition coefficient (Wildman–Crippen LogP) is 9.43. The Bertz CT molecular complexity index is 3330. The van der Waals surface area contributed by atoms with E-state index >= 15 is 0 Å². The van der Waals surface area contributed by atoms with Crippen LogP contribution in [-0.2, 0) is 38.2 Å². The molecule has 448 valence electrons. The van der Waals surface area contributed by atoms with Gasteiger partial charge >= 0.3 is 30.8 Å². The molecule has 85 heavy (non-hydrogen) atoms. The van der Waals surface area contributed by atoms with Crippen molar-refractivity contribution in [3.63, 3.8) is 0 Å².